The molecule has 0 amide bonds. The second kappa shape index (κ2) is 5.77. The van der Waals surface area contributed by atoms with Gasteiger partial charge >= 0.3 is 0 Å². The molecule has 7 heteroatoms. The van der Waals surface area contributed by atoms with E-state index in [1.807, 2.05) is 6.92 Å². The highest BCUT2D eigenvalue weighted by Crippen LogP contribution is 2.25. The first-order chi connectivity index (χ1) is 9.86. The minimum atomic E-state index is -3.69. The van der Waals surface area contributed by atoms with E-state index < -0.39 is 10.0 Å². The Labute approximate surface area is 125 Å². The monoisotopic (exact) mass is 308 g/mol. The highest BCUT2D eigenvalue weighted by molar-refractivity contribution is 7.92. The Morgan fingerprint density at radius 2 is 2.10 bits per heavy atom. The minimum Gasteiger partial charge on any atom is -0.399 e. The molecule has 0 fully saturated rings. The molecular formula is C14H20N4O2S. The number of nitrogen functional groups attached to an aromatic ring is 1. The van der Waals surface area contributed by atoms with Crippen molar-refractivity contribution in [3.63, 3.8) is 0 Å². The van der Waals surface area contributed by atoms with Crippen molar-refractivity contribution in [1.82, 2.24) is 9.55 Å². The molecule has 2 aromatic rings. The molecule has 0 spiro atoms. The Morgan fingerprint density at radius 1 is 1.38 bits per heavy atom. The summed E-state index contributed by atoms with van der Waals surface area (Å²) in [4.78, 5) is 4.14. The van der Waals surface area contributed by atoms with E-state index in [-0.39, 0.29) is 5.03 Å². The molecule has 0 aliphatic rings. The van der Waals surface area contributed by atoms with Crippen LogP contribution in [-0.4, -0.2) is 24.5 Å². The molecule has 2 N–H and O–H groups in total. The first-order valence-corrected chi connectivity index (χ1v) is 8.18. The van der Waals surface area contributed by atoms with Crippen LogP contribution in [0.25, 0.3) is 0 Å². The molecule has 0 saturated heterocycles. The third-order valence-corrected chi connectivity index (χ3v) is 4.92. The van der Waals surface area contributed by atoms with Gasteiger partial charge < -0.3 is 10.3 Å². The van der Waals surface area contributed by atoms with Crippen molar-refractivity contribution in [1.29, 1.82) is 0 Å². The summed E-state index contributed by atoms with van der Waals surface area (Å²) < 4.78 is 28.7. The van der Waals surface area contributed by atoms with E-state index in [9.17, 15) is 8.42 Å². The third-order valence-electron chi connectivity index (χ3n) is 3.23. The molecule has 0 atom stereocenters. The number of aryl methyl sites for hydroxylation is 2. The van der Waals surface area contributed by atoms with Crippen LogP contribution >= 0.6 is 0 Å². The molecule has 6 nitrogen and oxygen atoms in total. The summed E-state index contributed by atoms with van der Waals surface area (Å²) in [6, 6.07) is 6.86. The lowest BCUT2D eigenvalue weighted by molar-refractivity contribution is 0.586. The SMILES string of the molecule is CCCN(c1cccc(N)c1)S(=O)(=O)c1cn(C)c(C)n1. The predicted molar refractivity (Wildman–Crippen MR) is 83.6 cm³/mol. The van der Waals surface area contributed by atoms with E-state index in [1.54, 1.807) is 42.8 Å². The van der Waals surface area contributed by atoms with Crippen LogP contribution in [-0.2, 0) is 17.1 Å². The van der Waals surface area contributed by atoms with Crippen molar-refractivity contribution in [3.8, 4) is 0 Å². The maximum Gasteiger partial charge on any atom is 0.283 e. The van der Waals surface area contributed by atoms with Gasteiger partial charge in [0, 0.05) is 25.5 Å². The predicted octanol–water partition coefficient (Wildman–Crippen LogP) is 1.92. The highest BCUT2D eigenvalue weighted by Gasteiger charge is 2.27. The summed E-state index contributed by atoms with van der Waals surface area (Å²) in [6.45, 7) is 4.07. The fourth-order valence-electron chi connectivity index (χ4n) is 2.03. The van der Waals surface area contributed by atoms with Crippen LogP contribution in [0, 0.1) is 6.92 Å². The summed E-state index contributed by atoms with van der Waals surface area (Å²) in [5.74, 6) is 0.651. The van der Waals surface area contributed by atoms with Gasteiger partial charge in [0.05, 0.1) is 5.69 Å². The first-order valence-electron chi connectivity index (χ1n) is 6.74. The Bertz CT molecular complexity index is 718. The number of benzene rings is 1. The zero-order chi connectivity index (χ0) is 15.6. The number of hydrogen-bond acceptors (Lipinski definition) is 4. The Kier molecular flexibility index (Phi) is 4.22. The zero-order valence-corrected chi connectivity index (χ0v) is 13.3. The van der Waals surface area contributed by atoms with Crippen molar-refractivity contribution in [2.75, 3.05) is 16.6 Å². The molecule has 0 unspecified atom stereocenters. The number of anilines is 2. The largest absolute Gasteiger partial charge is 0.399 e. The van der Waals surface area contributed by atoms with Crippen LogP contribution in [0.2, 0.25) is 0 Å². The molecule has 1 aromatic heterocycles. The summed E-state index contributed by atoms with van der Waals surface area (Å²) in [5.41, 5.74) is 6.85. The summed E-state index contributed by atoms with van der Waals surface area (Å²) in [7, 11) is -1.92. The van der Waals surface area contributed by atoms with Gasteiger partial charge in [-0.05, 0) is 31.5 Å². The van der Waals surface area contributed by atoms with Crippen LogP contribution in [0.15, 0.2) is 35.5 Å². The number of imidazole rings is 1. The average molecular weight is 308 g/mol. The van der Waals surface area contributed by atoms with Crippen LogP contribution in [0.3, 0.4) is 0 Å². The van der Waals surface area contributed by atoms with E-state index in [0.717, 1.165) is 0 Å². The average Bonchev–Trinajstić information content (AvgIpc) is 2.76. The van der Waals surface area contributed by atoms with E-state index in [1.165, 1.54) is 10.5 Å². The number of nitrogens with two attached hydrogens (primary N) is 1. The molecule has 21 heavy (non-hydrogen) atoms. The first kappa shape index (κ1) is 15.4. The fourth-order valence-corrected chi connectivity index (χ4v) is 3.61. The molecular weight excluding hydrogens is 288 g/mol. The van der Waals surface area contributed by atoms with Gasteiger partial charge in [-0.1, -0.05) is 13.0 Å². The van der Waals surface area contributed by atoms with Gasteiger partial charge in [-0.15, -0.1) is 0 Å². The lowest BCUT2D eigenvalue weighted by atomic mass is 10.3. The number of sulfonamides is 1. The van der Waals surface area contributed by atoms with Crippen LogP contribution in [0.1, 0.15) is 19.2 Å². The van der Waals surface area contributed by atoms with E-state index in [4.69, 9.17) is 5.73 Å². The van der Waals surface area contributed by atoms with Crippen molar-refractivity contribution in [3.05, 3.63) is 36.3 Å². The molecule has 114 valence electrons. The smallest absolute Gasteiger partial charge is 0.283 e. The van der Waals surface area contributed by atoms with E-state index in [0.29, 0.717) is 30.2 Å². The maximum absolute atomic E-state index is 12.8. The fraction of sp³-hybridized carbons (Fsp3) is 0.357. The standard InChI is InChI=1S/C14H20N4O2S/c1-4-8-18(13-7-5-6-12(15)9-13)21(19,20)14-10-17(3)11(2)16-14/h5-7,9-10H,4,8,15H2,1-3H3. The summed E-state index contributed by atoms with van der Waals surface area (Å²) in [6.07, 6.45) is 2.22. The van der Waals surface area contributed by atoms with E-state index in [2.05, 4.69) is 4.98 Å². The van der Waals surface area contributed by atoms with Crippen LogP contribution < -0.4 is 10.0 Å². The van der Waals surface area contributed by atoms with Gasteiger partial charge in [0.1, 0.15) is 5.82 Å². The van der Waals surface area contributed by atoms with Gasteiger partial charge in [0.2, 0.25) is 0 Å². The normalized spacial score (nSPS) is 11.6. The molecule has 0 aliphatic heterocycles. The second-order valence-electron chi connectivity index (χ2n) is 4.91. The van der Waals surface area contributed by atoms with Crippen molar-refractivity contribution >= 4 is 21.4 Å². The number of rotatable bonds is 5. The quantitative estimate of drug-likeness (QED) is 0.856. The number of aromatic nitrogens is 2. The van der Waals surface area contributed by atoms with E-state index >= 15 is 0 Å². The minimum absolute atomic E-state index is 0.0541. The Morgan fingerprint density at radius 3 is 2.62 bits per heavy atom. The lowest BCUT2D eigenvalue weighted by Crippen LogP contribution is -2.32. The van der Waals surface area contributed by atoms with Gasteiger partial charge in [-0.3, -0.25) is 4.31 Å². The van der Waals surface area contributed by atoms with Crippen molar-refractivity contribution in [2.24, 2.45) is 7.05 Å². The summed E-state index contributed by atoms with van der Waals surface area (Å²) in [5, 5.41) is 0.0541. The number of hydrogen-bond donors (Lipinski definition) is 1. The molecule has 0 saturated carbocycles. The molecule has 0 bridgehead atoms. The second-order valence-corrected chi connectivity index (χ2v) is 6.72. The Balaban J connectivity index is 2.51. The lowest BCUT2D eigenvalue weighted by Gasteiger charge is -2.23. The topological polar surface area (TPSA) is 81.2 Å². The van der Waals surface area contributed by atoms with Crippen molar-refractivity contribution < 1.29 is 8.42 Å². The molecule has 1 heterocycles. The van der Waals surface area contributed by atoms with Gasteiger partial charge in [-0.25, -0.2) is 4.98 Å². The van der Waals surface area contributed by atoms with Gasteiger partial charge in [0.15, 0.2) is 5.03 Å². The van der Waals surface area contributed by atoms with Gasteiger partial charge in [-0.2, -0.15) is 8.42 Å². The van der Waals surface area contributed by atoms with Gasteiger partial charge in [0.25, 0.3) is 10.0 Å². The van der Waals surface area contributed by atoms with Crippen LogP contribution in [0.5, 0.6) is 0 Å². The highest BCUT2D eigenvalue weighted by atomic mass is 32.2. The summed E-state index contributed by atoms with van der Waals surface area (Å²) >= 11 is 0. The molecule has 1 aromatic carbocycles. The van der Waals surface area contributed by atoms with Crippen LogP contribution in [0.4, 0.5) is 11.4 Å². The third kappa shape index (κ3) is 3.02. The van der Waals surface area contributed by atoms with Crippen molar-refractivity contribution in [2.45, 2.75) is 25.3 Å². The maximum atomic E-state index is 12.8. The Hall–Kier alpha value is -2.02. The molecule has 0 radical (unpaired) electrons. The zero-order valence-electron chi connectivity index (χ0n) is 12.4. The molecule has 2 rings (SSSR count). The molecule has 0 aliphatic carbocycles. The number of nitrogens with zero attached hydrogens (tertiary/aromatic N) is 3.